The highest BCUT2D eigenvalue weighted by molar-refractivity contribution is 7.99. The minimum Gasteiger partial charge on any atom is -0.465 e. The van der Waals surface area contributed by atoms with Crippen LogP contribution in [0.4, 0.5) is 11.4 Å². The third-order valence-electron chi connectivity index (χ3n) is 2.69. The van der Waals surface area contributed by atoms with Gasteiger partial charge in [-0.3, -0.25) is 10.1 Å². The van der Waals surface area contributed by atoms with E-state index in [4.69, 9.17) is 10.5 Å². The number of ether oxygens (including phenoxy) is 1. The molecule has 0 spiro atoms. The molecule has 0 bridgehead atoms. The van der Waals surface area contributed by atoms with Crippen LogP contribution in [-0.4, -0.2) is 18.0 Å². The van der Waals surface area contributed by atoms with Gasteiger partial charge in [0, 0.05) is 27.6 Å². The van der Waals surface area contributed by atoms with E-state index in [2.05, 4.69) is 0 Å². The Morgan fingerprint density at radius 1 is 1.24 bits per heavy atom. The summed E-state index contributed by atoms with van der Waals surface area (Å²) in [5.41, 5.74) is 6.66. The number of rotatable bonds is 4. The zero-order valence-corrected chi connectivity index (χ0v) is 11.9. The molecule has 0 fully saturated rings. The van der Waals surface area contributed by atoms with E-state index in [-0.39, 0.29) is 5.69 Å². The van der Waals surface area contributed by atoms with Gasteiger partial charge in [-0.25, -0.2) is 4.79 Å². The lowest BCUT2D eigenvalue weighted by Gasteiger charge is -2.08. The van der Waals surface area contributed by atoms with Crippen molar-refractivity contribution >= 4 is 29.1 Å². The SMILES string of the molecule is COC(=O)c1ccc(N)cc1Sc1ccc([N+](=O)[O-])cc1. The van der Waals surface area contributed by atoms with Gasteiger partial charge < -0.3 is 10.5 Å². The predicted molar refractivity (Wildman–Crippen MR) is 79.4 cm³/mol. The highest BCUT2D eigenvalue weighted by Crippen LogP contribution is 2.33. The summed E-state index contributed by atoms with van der Waals surface area (Å²) in [6, 6.07) is 10.9. The van der Waals surface area contributed by atoms with Crippen molar-refractivity contribution in [3.8, 4) is 0 Å². The molecule has 108 valence electrons. The van der Waals surface area contributed by atoms with Gasteiger partial charge in [0.25, 0.3) is 5.69 Å². The number of hydrogen-bond donors (Lipinski definition) is 1. The second-order valence-electron chi connectivity index (χ2n) is 4.10. The Morgan fingerprint density at radius 3 is 2.48 bits per heavy atom. The van der Waals surface area contributed by atoms with E-state index in [1.54, 1.807) is 30.3 Å². The lowest BCUT2D eigenvalue weighted by atomic mass is 10.2. The minimum absolute atomic E-state index is 0.0140. The number of nitrogens with zero attached hydrogens (tertiary/aromatic N) is 1. The summed E-state index contributed by atoms with van der Waals surface area (Å²) in [4.78, 5) is 23.3. The van der Waals surface area contributed by atoms with Crippen LogP contribution < -0.4 is 5.73 Å². The maximum Gasteiger partial charge on any atom is 0.339 e. The van der Waals surface area contributed by atoms with Gasteiger partial charge in [-0.15, -0.1) is 0 Å². The zero-order valence-electron chi connectivity index (χ0n) is 11.1. The van der Waals surface area contributed by atoms with E-state index < -0.39 is 10.9 Å². The van der Waals surface area contributed by atoms with E-state index in [1.807, 2.05) is 0 Å². The molecule has 0 saturated carbocycles. The van der Waals surface area contributed by atoms with Crippen molar-refractivity contribution in [1.29, 1.82) is 0 Å². The number of nitro groups is 1. The summed E-state index contributed by atoms with van der Waals surface area (Å²) in [7, 11) is 1.30. The summed E-state index contributed by atoms with van der Waals surface area (Å²) in [6.07, 6.45) is 0. The summed E-state index contributed by atoms with van der Waals surface area (Å²) >= 11 is 1.29. The molecule has 2 rings (SSSR count). The fraction of sp³-hybridized carbons (Fsp3) is 0.0714. The van der Waals surface area contributed by atoms with Crippen molar-refractivity contribution in [1.82, 2.24) is 0 Å². The Kier molecular flexibility index (Phi) is 4.44. The first kappa shape index (κ1) is 14.9. The van der Waals surface area contributed by atoms with Crippen molar-refractivity contribution in [2.75, 3.05) is 12.8 Å². The summed E-state index contributed by atoms with van der Waals surface area (Å²) in [6.45, 7) is 0. The maximum atomic E-state index is 11.7. The lowest BCUT2D eigenvalue weighted by molar-refractivity contribution is -0.384. The molecule has 0 amide bonds. The van der Waals surface area contributed by atoms with Crippen molar-refractivity contribution in [2.45, 2.75) is 9.79 Å². The third-order valence-corrected chi connectivity index (χ3v) is 3.75. The molecule has 0 radical (unpaired) electrons. The molecule has 0 saturated heterocycles. The van der Waals surface area contributed by atoms with Crippen LogP contribution >= 0.6 is 11.8 Å². The van der Waals surface area contributed by atoms with Crippen molar-refractivity contribution in [3.05, 3.63) is 58.1 Å². The number of esters is 1. The number of nitro benzene ring substituents is 1. The first-order chi connectivity index (χ1) is 10.0. The van der Waals surface area contributed by atoms with E-state index in [0.29, 0.717) is 16.1 Å². The first-order valence-electron chi connectivity index (χ1n) is 5.91. The van der Waals surface area contributed by atoms with Crippen LogP contribution in [-0.2, 0) is 4.74 Å². The van der Waals surface area contributed by atoms with Gasteiger partial charge in [-0.05, 0) is 30.3 Å². The molecular formula is C14H12N2O4S. The van der Waals surface area contributed by atoms with Gasteiger partial charge in [0.05, 0.1) is 17.6 Å². The molecule has 0 aliphatic heterocycles. The van der Waals surface area contributed by atoms with E-state index in [9.17, 15) is 14.9 Å². The quantitative estimate of drug-likeness (QED) is 0.403. The number of methoxy groups -OCH3 is 1. The molecule has 2 N–H and O–H groups in total. The van der Waals surface area contributed by atoms with E-state index in [1.165, 1.54) is 31.0 Å². The topological polar surface area (TPSA) is 95.5 Å². The largest absolute Gasteiger partial charge is 0.465 e. The number of carbonyl (C=O) groups excluding carboxylic acids is 1. The van der Waals surface area contributed by atoms with Crippen LogP contribution in [0.5, 0.6) is 0 Å². The second kappa shape index (κ2) is 6.27. The fourth-order valence-corrected chi connectivity index (χ4v) is 2.65. The summed E-state index contributed by atoms with van der Waals surface area (Å²) in [5.74, 6) is -0.459. The average Bonchev–Trinajstić information content (AvgIpc) is 2.47. The Hall–Kier alpha value is -2.54. The molecule has 0 aliphatic rings. The lowest BCUT2D eigenvalue weighted by Crippen LogP contribution is -2.03. The number of hydrogen-bond acceptors (Lipinski definition) is 6. The van der Waals surface area contributed by atoms with E-state index in [0.717, 1.165) is 4.90 Å². The van der Waals surface area contributed by atoms with Crippen LogP contribution in [0.15, 0.2) is 52.3 Å². The van der Waals surface area contributed by atoms with Crippen LogP contribution in [0.25, 0.3) is 0 Å². The van der Waals surface area contributed by atoms with Crippen LogP contribution in [0.1, 0.15) is 10.4 Å². The van der Waals surface area contributed by atoms with Crippen LogP contribution in [0.3, 0.4) is 0 Å². The highest BCUT2D eigenvalue weighted by Gasteiger charge is 2.14. The zero-order chi connectivity index (χ0) is 15.4. The number of benzene rings is 2. The molecular weight excluding hydrogens is 292 g/mol. The molecule has 6 nitrogen and oxygen atoms in total. The monoisotopic (exact) mass is 304 g/mol. The molecule has 21 heavy (non-hydrogen) atoms. The van der Waals surface area contributed by atoms with Crippen LogP contribution in [0, 0.1) is 10.1 Å². The van der Waals surface area contributed by atoms with Gasteiger partial charge >= 0.3 is 5.97 Å². The molecule has 0 atom stereocenters. The van der Waals surface area contributed by atoms with E-state index >= 15 is 0 Å². The molecule has 0 aliphatic carbocycles. The number of non-ortho nitro benzene ring substituents is 1. The standard InChI is InChI=1S/C14H12N2O4S/c1-20-14(17)12-7-2-9(15)8-13(12)21-11-5-3-10(4-6-11)16(18)19/h2-8H,15H2,1H3. The van der Waals surface area contributed by atoms with Crippen molar-refractivity contribution in [3.63, 3.8) is 0 Å². The fourth-order valence-electron chi connectivity index (χ4n) is 1.66. The summed E-state index contributed by atoms with van der Waals surface area (Å²) in [5, 5.41) is 10.6. The molecule has 2 aromatic rings. The molecule has 2 aromatic carbocycles. The van der Waals surface area contributed by atoms with Gasteiger partial charge in [-0.2, -0.15) is 0 Å². The Morgan fingerprint density at radius 2 is 1.90 bits per heavy atom. The van der Waals surface area contributed by atoms with Crippen molar-refractivity contribution in [2.24, 2.45) is 0 Å². The van der Waals surface area contributed by atoms with Gasteiger partial charge in [0.1, 0.15) is 0 Å². The van der Waals surface area contributed by atoms with Gasteiger partial charge in [-0.1, -0.05) is 11.8 Å². The molecule has 0 aromatic heterocycles. The Labute approximate surface area is 125 Å². The smallest absolute Gasteiger partial charge is 0.339 e. The number of anilines is 1. The Bertz CT molecular complexity index is 686. The van der Waals surface area contributed by atoms with Crippen LogP contribution in [0.2, 0.25) is 0 Å². The molecule has 7 heteroatoms. The summed E-state index contributed by atoms with van der Waals surface area (Å²) < 4.78 is 4.72. The Balaban J connectivity index is 2.32. The van der Waals surface area contributed by atoms with Gasteiger partial charge in [0.15, 0.2) is 0 Å². The first-order valence-corrected chi connectivity index (χ1v) is 6.73. The second-order valence-corrected chi connectivity index (χ2v) is 5.22. The molecule has 0 heterocycles. The third kappa shape index (κ3) is 3.51. The molecule has 0 unspecified atom stereocenters. The predicted octanol–water partition coefficient (Wildman–Crippen LogP) is 3.11. The average molecular weight is 304 g/mol. The maximum absolute atomic E-state index is 11.7. The van der Waals surface area contributed by atoms with Gasteiger partial charge in [0.2, 0.25) is 0 Å². The minimum atomic E-state index is -0.463. The normalized spacial score (nSPS) is 10.1. The number of nitrogens with two attached hydrogens (primary N) is 1. The number of nitrogen functional groups attached to an aromatic ring is 1. The number of carbonyl (C=O) groups is 1. The van der Waals surface area contributed by atoms with Crippen molar-refractivity contribution < 1.29 is 14.5 Å². The highest BCUT2D eigenvalue weighted by atomic mass is 32.2.